The highest BCUT2D eigenvalue weighted by Crippen LogP contribution is 2.26. The molecule has 0 N–H and O–H groups in total. The van der Waals surface area contributed by atoms with Crippen LogP contribution in [0.4, 0.5) is 0 Å². The molecule has 1 heterocycles. The van der Waals surface area contributed by atoms with Gasteiger partial charge in [-0.2, -0.15) is 0 Å². The van der Waals surface area contributed by atoms with Gasteiger partial charge in [0.05, 0.1) is 23.5 Å². The molecule has 0 aliphatic heterocycles. The maximum absolute atomic E-state index is 6.12. The molecule has 2 rings (SSSR count). The molecular weight excluding hydrogens is 224 g/mol. The first-order valence-corrected chi connectivity index (χ1v) is 5.79. The van der Waals surface area contributed by atoms with Crippen molar-refractivity contribution in [1.82, 2.24) is 9.55 Å². The molecule has 0 aliphatic rings. The monoisotopic (exact) mass is 238 g/mol. The first-order valence-electron chi connectivity index (χ1n) is 5.35. The van der Waals surface area contributed by atoms with E-state index in [1.807, 2.05) is 25.1 Å². The van der Waals surface area contributed by atoms with Crippen molar-refractivity contribution in [2.75, 3.05) is 7.11 Å². The first-order chi connectivity index (χ1) is 7.67. The molecular formula is C12H15ClN2O. The Morgan fingerprint density at radius 3 is 2.81 bits per heavy atom. The van der Waals surface area contributed by atoms with Gasteiger partial charge in [-0.3, -0.25) is 0 Å². The van der Waals surface area contributed by atoms with E-state index in [4.69, 9.17) is 16.3 Å². The van der Waals surface area contributed by atoms with E-state index in [1.54, 1.807) is 7.11 Å². The number of aryl methyl sites for hydroxylation is 1. The van der Waals surface area contributed by atoms with E-state index in [-0.39, 0.29) is 5.38 Å². The molecule has 1 unspecified atom stereocenters. The summed E-state index contributed by atoms with van der Waals surface area (Å²) in [7, 11) is 1.66. The second-order valence-electron chi connectivity index (χ2n) is 3.68. The highest BCUT2D eigenvalue weighted by atomic mass is 35.5. The second kappa shape index (κ2) is 4.34. The van der Waals surface area contributed by atoms with Gasteiger partial charge in [0.25, 0.3) is 0 Å². The van der Waals surface area contributed by atoms with Gasteiger partial charge in [0.1, 0.15) is 11.6 Å². The normalized spacial score (nSPS) is 13.0. The lowest BCUT2D eigenvalue weighted by molar-refractivity contribution is 0.415. The summed E-state index contributed by atoms with van der Waals surface area (Å²) >= 11 is 6.12. The number of methoxy groups -OCH3 is 1. The number of imidazole rings is 1. The number of benzene rings is 1. The molecule has 0 saturated heterocycles. The number of halogens is 1. The van der Waals surface area contributed by atoms with Gasteiger partial charge in [-0.1, -0.05) is 0 Å². The van der Waals surface area contributed by atoms with Crippen LogP contribution >= 0.6 is 11.6 Å². The molecule has 86 valence electrons. The second-order valence-corrected chi connectivity index (χ2v) is 4.34. The molecule has 0 bridgehead atoms. The van der Waals surface area contributed by atoms with E-state index in [1.165, 1.54) is 0 Å². The number of hydrogen-bond acceptors (Lipinski definition) is 2. The molecule has 3 nitrogen and oxygen atoms in total. The predicted octanol–water partition coefficient (Wildman–Crippen LogP) is 3.36. The van der Waals surface area contributed by atoms with Gasteiger partial charge in [-0.15, -0.1) is 11.6 Å². The highest BCUT2D eigenvalue weighted by molar-refractivity contribution is 6.20. The summed E-state index contributed by atoms with van der Waals surface area (Å²) in [6.07, 6.45) is 0. The van der Waals surface area contributed by atoms with Crippen molar-refractivity contribution in [3.8, 4) is 5.75 Å². The van der Waals surface area contributed by atoms with E-state index in [9.17, 15) is 0 Å². The average Bonchev–Trinajstić information content (AvgIpc) is 2.66. The van der Waals surface area contributed by atoms with Crippen molar-refractivity contribution in [1.29, 1.82) is 0 Å². The Bertz CT molecular complexity index is 505. The number of ether oxygens (including phenoxy) is 1. The van der Waals surface area contributed by atoms with Gasteiger partial charge in [-0.25, -0.2) is 4.98 Å². The molecule has 2 aromatic rings. The standard InChI is InChI=1S/C12H15ClN2O/c1-4-15-11-6-5-9(16-3)7-10(11)14-12(15)8(2)13/h5-8H,4H2,1-3H3. The minimum absolute atomic E-state index is 0.0849. The third-order valence-electron chi connectivity index (χ3n) is 2.66. The lowest BCUT2D eigenvalue weighted by atomic mass is 10.3. The van der Waals surface area contributed by atoms with E-state index in [0.717, 1.165) is 29.2 Å². The number of aromatic nitrogens is 2. The zero-order chi connectivity index (χ0) is 11.7. The molecule has 16 heavy (non-hydrogen) atoms. The third-order valence-corrected chi connectivity index (χ3v) is 2.85. The summed E-state index contributed by atoms with van der Waals surface area (Å²) in [6, 6.07) is 5.90. The van der Waals surface area contributed by atoms with Crippen molar-refractivity contribution in [2.45, 2.75) is 25.8 Å². The fourth-order valence-electron chi connectivity index (χ4n) is 1.89. The molecule has 1 aromatic heterocycles. The van der Waals surface area contributed by atoms with E-state index >= 15 is 0 Å². The van der Waals surface area contributed by atoms with Gasteiger partial charge >= 0.3 is 0 Å². The number of alkyl halides is 1. The quantitative estimate of drug-likeness (QED) is 0.767. The van der Waals surface area contributed by atoms with Gasteiger partial charge < -0.3 is 9.30 Å². The third kappa shape index (κ3) is 1.76. The van der Waals surface area contributed by atoms with Gasteiger partial charge in [0.15, 0.2) is 0 Å². The van der Waals surface area contributed by atoms with Crippen LogP contribution in [0.2, 0.25) is 0 Å². The molecule has 1 aromatic carbocycles. The Hall–Kier alpha value is -1.22. The summed E-state index contributed by atoms with van der Waals surface area (Å²) in [5.74, 6) is 1.73. The lowest BCUT2D eigenvalue weighted by Crippen LogP contribution is -2.01. The van der Waals surface area contributed by atoms with Crippen molar-refractivity contribution >= 4 is 22.6 Å². The van der Waals surface area contributed by atoms with Crippen LogP contribution in [0, 0.1) is 0 Å². The summed E-state index contributed by atoms with van der Waals surface area (Å²) in [6.45, 7) is 4.90. The molecule has 0 spiro atoms. The van der Waals surface area contributed by atoms with Crippen LogP contribution in [0.5, 0.6) is 5.75 Å². The summed E-state index contributed by atoms with van der Waals surface area (Å²) in [5.41, 5.74) is 2.04. The van der Waals surface area contributed by atoms with Gasteiger partial charge in [0.2, 0.25) is 0 Å². The summed E-state index contributed by atoms with van der Waals surface area (Å²) in [4.78, 5) is 4.54. The highest BCUT2D eigenvalue weighted by Gasteiger charge is 2.13. The zero-order valence-electron chi connectivity index (χ0n) is 9.70. The largest absolute Gasteiger partial charge is 0.497 e. The summed E-state index contributed by atoms with van der Waals surface area (Å²) < 4.78 is 7.31. The molecule has 0 saturated carbocycles. The van der Waals surface area contributed by atoms with Crippen LogP contribution in [0.1, 0.15) is 25.0 Å². The van der Waals surface area contributed by atoms with Crippen molar-refractivity contribution in [3.63, 3.8) is 0 Å². The van der Waals surface area contributed by atoms with E-state index < -0.39 is 0 Å². The average molecular weight is 239 g/mol. The zero-order valence-corrected chi connectivity index (χ0v) is 10.5. The number of hydrogen-bond donors (Lipinski definition) is 0. The molecule has 0 amide bonds. The summed E-state index contributed by atoms with van der Waals surface area (Å²) in [5, 5.41) is -0.0849. The Kier molecular flexibility index (Phi) is 3.06. The van der Waals surface area contributed by atoms with Gasteiger partial charge in [0, 0.05) is 12.6 Å². The van der Waals surface area contributed by atoms with Crippen LogP contribution < -0.4 is 4.74 Å². The number of rotatable bonds is 3. The van der Waals surface area contributed by atoms with Crippen molar-refractivity contribution in [3.05, 3.63) is 24.0 Å². The fourth-order valence-corrected chi connectivity index (χ4v) is 2.06. The smallest absolute Gasteiger partial charge is 0.127 e. The Morgan fingerprint density at radius 1 is 1.50 bits per heavy atom. The molecule has 4 heteroatoms. The Labute approximate surface area is 100.0 Å². The maximum Gasteiger partial charge on any atom is 0.127 e. The first kappa shape index (κ1) is 11.3. The minimum atomic E-state index is -0.0849. The van der Waals surface area contributed by atoms with Crippen LogP contribution in [0.15, 0.2) is 18.2 Å². The topological polar surface area (TPSA) is 27.1 Å². The fraction of sp³-hybridized carbons (Fsp3) is 0.417. The number of nitrogens with zero attached hydrogens (tertiary/aromatic N) is 2. The van der Waals surface area contributed by atoms with Gasteiger partial charge in [-0.05, 0) is 26.0 Å². The van der Waals surface area contributed by atoms with E-state index in [0.29, 0.717) is 0 Å². The number of fused-ring (bicyclic) bond motifs is 1. The molecule has 0 radical (unpaired) electrons. The predicted molar refractivity (Wildman–Crippen MR) is 66.2 cm³/mol. The maximum atomic E-state index is 6.12. The van der Waals surface area contributed by atoms with E-state index in [2.05, 4.69) is 16.5 Å². The molecule has 0 aliphatic carbocycles. The van der Waals surface area contributed by atoms with Crippen molar-refractivity contribution in [2.24, 2.45) is 0 Å². The minimum Gasteiger partial charge on any atom is -0.497 e. The Morgan fingerprint density at radius 2 is 2.25 bits per heavy atom. The molecule has 0 fully saturated rings. The molecule has 1 atom stereocenters. The van der Waals surface area contributed by atoms with Crippen LogP contribution in [0.3, 0.4) is 0 Å². The van der Waals surface area contributed by atoms with Crippen LogP contribution in [-0.2, 0) is 6.54 Å². The SMILES string of the molecule is CCn1c(C(C)Cl)nc2cc(OC)ccc21. The van der Waals surface area contributed by atoms with Crippen LogP contribution in [-0.4, -0.2) is 16.7 Å². The Balaban J connectivity index is 2.66. The van der Waals surface area contributed by atoms with Crippen LogP contribution in [0.25, 0.3) is 11.0 Å². The lowest BCUT2D eigenvalue weighted by Gasteiger charge is -2.06. The van der Waals surface area contributed by atoms with Crippen molar-refractivity contribution < 1.29 is 4.74 Å².